The lowest BCUT2D eigenvalue weighted by molar-refractivity contribution is 0.239. The van der Waals surface area contributed by atoms with Crippen molar-refractivity contribution in [1.82, 2.24) is 15.2 Å². The Labute approximate surface area is 193 Å². The molecule has 4 aliphatic rings. The van der Waals surface area contributed by atoms with E-state index in [0.717, 1.165) is 79.2 Å². The van der Waals surface area contributed by atoms with E-state index in [0.29, 0.717) is 5.41 Å². The van der Waals surface area contributed by atoms with Crippen LogP contribution in [0.4, 0.5) is 10.1 Å². The number of allylic oxidation sites excluding steroid dienone is 3. The highest BCUT2D eigenvalue weighted by atomic mass is 19.1. The van der Waals surface area contributed by atoms with Gasteiger partial charge in [-0.1, -0.05) is 5.73 Å². The maximum Gasteiger partial charge on any atom is 0.165 e. The van der Waals surface area contributed by atoms with Gasteiger partial charge in [0.05, 0.1) is 29.6 Å². The SMILES string of the molecule is COc1cc2nc(C3=C=C=C(N4CCC4)C=C3)cc(N3CCC4(CCCNC4)C3)c2cc1F. The molecule has 1 aromatic carbocycles. The quantitative estimate of drug-likeness (QED) is 0.714. The second-order valence-corrected chi connectivity index (χ2v) is 9.71. The summed E-state index contributed by atoms with van der Waals surface area (Å²) >= 11 is 0. The van der Waals surface area contributed by atoms with E-state index in [4.69, 9.17) is 9.72 Å². The number of fused-ring (bicyclic) bond motifs is 1. The first-order chi connectivity index (χ1) is 16.1. The van der Waals surface area contributed by atoms with Crippen molar-refractivity contribution in [3.63, 3.8) is 0 Å². The van der Waals surface area contributed by atoms with Crippen molar-refractivity contribution in [2.75, 3.05) is 51.3 Å². The summed E-state index contributed by atoms with van der Waals surface area (Å²) < 4.78 is 20.0. The van der Waals surface area contributed by atoms with E-state index in [1.165, 1.54) is 26.4 Å². The number of halogens is 1. The first-order valence-electron chi connectivity index (χ1n) is 12.0. The van der Waals surface area contributed by atoms with Gasteiger partial charge in [0, 0.05) is 55.3 Å². The van der Waals surface area contributed by atoms with Crippen LogP contribution in [-0.2, 0) is 0 Å². The van der Waals surface area contributed by atoms with E-state index >= 15 is 0 Å². The lowest BCUT2D eigenvalue weighted by Gasteiger charge is -2.34. The van der Waals surface area contributed by atoms with Crippen molar-refractivity contribution >= 4 is 22.2 Å². The number of hydrogen-bond acceptors (Lipinski definition) is 5. The fourth-order valence-corrected chi connectivity index (χ4v) is 5.55. The van der Waals surface area contributed by atoms with Crippen LogP contribution in [0.2, 0.25) is 0 Å². The number of methoxy groups -OCH3 is 1. The number of likely N-dealkylation sites (tertiary alicyclic amines) is 1. The Kier molecular flexibility index (Phi) is 5.03. The normalized spacial score (nSPS) is 24.3. The van der Waals surface area contributed by atoms with Crippen LogP contribution in [0.5, 0.6) is 5.75 Å². The van der Waals surface area contributed by atoms with E-state index in [-0.39, 0.29) is 11.6 Å². The number of hydrogen-bond donors (Lipinski definition) is 1. The van der Waals surface area contributed by atoms with Gasteiger partial charge < -0.3 is 19.9 Å². The van der Waals surface area contributed by atoms with Crippen LogP contribution in [0, 0.1) is 11.2 Å². The predicted molar refractivity (Wildman–Crippen MR) is 129 cm³/mol. The summed E-state index contributed by atoms with van der Waals surface area (Å²) in [4.78, 5) is 9.61. The number of nitrogens with one attached hydrogen (secondary N) is 1. The van der Waals surface area contributed by atoms with Crippen LogP contribution < -0.4 is 15.0 Å². The second kappa shape index (κ2) is 8.07. The molecule has 1 N–H and O–H groups in total. The summed E-state index contributed by atoms with van der Waals surface area (Å²) in [5.74, 6) is -0.135. The molecule has 2 aromatic rings. The van der Waals surface area contributed by atoms with Crippen molar-refractivity contribution in [3.05, 3.63) is 59.0 Å². The summed E-state index contributed by atoms with van der Waals surface area (Å²) in [6.45, 7) is 6.28. The lowest BCUT2D eigenvalue weighted by Crippen LogP contribution is -2.41. The number of aromatic nitrogens is 1. The maximum atomic E-state index is 14.7. The predicted octanol–water partition coefficient (Wildman–Crippen LogP) is 4.26. The molecule has 6 heteroatoms. The first kappa shape index (κ1) is 20.6. The minimum atomic E-state index is -0.354. The van der Waals surface area contributed by atoms with Crippen LogP contribution in [0.3, 0.4) is 0 Å². The van der Waals surface area contributed by atoms with Gasteiger partial charge in [0.15, 0.2) is 11.6 Å². The number of nitrogens with zero attached hydrogens (tertiary/aromatic N) is 3. The number of ether oxygens (including phenoxy) is 1. The summed E-state index contributed by atoms with van der Waals surface area (Å²) in [5, 5.41) is 4.42. The van der Waals surface area contributed by atoms with E-state index in [1.54, 1.807) is 12.1 Å². The molecule has 1 atom stereocenters. The molecule has 1 spiro atoms. The number of benzene rings is 1. The van der Waals surface area contributed by atoms with Gasteiger partial charge in [-0.05, 0) is 62.2 Å². The monoisotopic (exact) mass is 444 g/mol. The average Bonchev–Trinajstić information content (AvgIpc) is 3.20. The van der Waals surface area contributed by atoms with Gasteiger partial charge in [-0.2, -0.15) is 0 Å². The molecule has 0 radical (unpaired) electrons. The third-order valence-corrected chi connectivity index (χ3v) is 7.61. The third kappa shape index (κ3) is 3.65. The third-order valence-electron chi connectivity index (χ3n) is 7.61. The zero-order valence-electron chi connectivity index (χ0n) is 19.1. The number of piperidine rings is 1. The Bertz CT molecular complexity index is 1240. The molecule has 0 bridgehead atoms. The zero-order valence-corrected chi connectivity index (χ0v) is 19.1. The lowest BCUT2D eigenvalue weighted by atomic mass is 9.80. The van der Waals surface area contributed by atoms with E-state index in [2.05, 4.69) is 44.8 Å². The Balaban J connectivity index is 1.45. The van der Waals surface area contributed by atoms with Crippen LogP contribution in [0.25, 0.3) is 16.5 Å². The molecule has 1 aromatic heterocycles. The van der Waals surface area contributed by atoms with Gasteiger partial charge in [-0.15, -0.1) is 0 Å². The topological polar surface area (TPSA) is 40.6 Å². The van der Waals surface area contributed by atoms with E-state index in [9.17, 15) is 4.39 Å². The molecular formula is C27H29FN4O. The number of pyridine rings is 1. The van der Waals surface area contributed by atoms with Crippen molar-refractivity contribution in [1.29, 1.82) is 0 Å². The molecule has 1 unspecified atom stereocenters. The molecule has 0 amide bonds. The molecule has 33 heavy (non-hydrogen) atoms. The van der Waals surface area contributed by atoms with Gasteiger partial charge in [0.25, 0.3) is 0 Å². The van der Waals surface area contributed by atoms with Crippen LogP contribution in [-0.4, -0.2) is 56.3 Å². The minimum absolute atomic E-state index is 0.219. The Morgan fingerprint density at radius 3 is 2.67 bits per heavy atom. The Hall–Kier alpha value is -3.04. The van der Waals surface area contributed by atoms with Crippen molar-refractivity contribution in [2.45, 2.75) is 25.7 Å². The molecule has 3 aliphatic heterocycles. The van der Waals surface area contributed by atoms with Gasteiger partial charge >= 0.3 is 0 Å². The minimum Gasteiger partial charge on any atom is -0.494 e. The highest BCUT2D eigenvalue weighted by Gasteiger charge is 2.39. The summed E-state index contributed by atoms with van der Waals surface area (Å²) in [5.41, 5.74) is 11.5. The molecule has 170 valence electrons. The molecule has 0 saturated carbocycles. The highest BCUT2D eigenvalue weighted by Crippen LogP contribution is 2.41. The molecule has 4 heterocycles. The number of rotatable bonds is 4. The van der Waals surface area contributed by atoms with E-state index < -0.39 is 0 Å². The molecular weight excluding hydrogens is 415 g/mol. The van der Waals surface area contributed by atoms with Gasteiger partial charge in [0.1, 0.15) is 0 Å². The Morgan fingerprint density at radius 2 is 1.97 bits per heavy atom. The van der Waals surface area contributed by atoms with Crippen LogP contribution >= 0.6 is 0 Å². The van der Waals surface area contributed by atoms with Crippen molar-refractivity contribution in [2.24, 2.45) is 5.41 Å². The summed E-state index contributed by atoms with van der Waals surface area (Å²) in [7, 11) is 1.49. The second-order valence-electron chi connectivity index (χ2n) is 9.71. The molecule has 3 fully saturated rings. The zero-order chi connectivity index (χ0) is 22.4. The van der Waals surface area contributed by atoms with Crippen molar-refractivity contribution < 1.29 is 9.13 Å². The summed E-state index contributed by atoms with van der Waals surface area (Å²) in [6, 6.07) is 5.39. The maximum absolute atomic E-state index is 14.7. The fourth-order valence-electron chi connectivity index (χ4n) is 5.55. The molecule has 3 saturated heterocycles. The van der Waals surface area contributed by atoms with Gasteiger partial charge in [-0.3, -0.25) is 0 Å². The molecule has 6 rings (SSSR count). The standard InChI is InChI=1S/C27H29FN4O/c1-33-26-16-24-21(14-22(26)28)25(32-13-9-27(18-32)8-2-10-29-17-27)15-23(30-24)19-4-6-20(7-5-19)31-11-3-12-31/h4,6,14-16,29H,2-3,8-13,17-18H2,1H3. The van der Waals surface area contributed by atoms with Gasteiger partial charge in [0.2, 0.25) is 0 Å². The largest absolute Gasteiger partial charge is 0.494 e. The van der Waals surface area contributed by atoms with Crippen molar-refractivity contribution in [3.8, 4) is 5.75 Å². The fraction of sp³-hybridized carbons (Fsp3) is 0.444. The van der Waals surface area contributed by atoms with Crippen LogP contribution in [0.1, 0.15) is 31.4 Å². The Morgan fingerprint density at radius 1 is 1.06 bits per heavy atom. The summed E-state index contributed by atoms with van der Waals surface area (Å²) in [6.07, 6.45) is 9.02. The van der Waals surface area contributed by atoms with Crippen LogP contribution in [0.15, 0.2) is 47.5 Å². The van der Waals surface area contributed by atoms with Gasteiger partial charge in [-0.25, -0.2) is 9.37 Å². The molecule has 1 aliphatic carbocycles. The smallest absolute Gasteiger partial charge is 0.165 e. The highest BCUT2D eigenvalue weighted by molar-refractivity contribution is 5.95. The number of anilines is 1. The molecule has 5 nitrogen and oxygen atoms in total. The first-order valence-corrected chi connectivity index (χ1v) is 12.0. The van der Waals surface area contributed by atoms with E-state index in [1.807, 2.05) is 0 Å². The average molecular weight is 445 g/mol.